The van der Waals surface area contributed by atoms with Crippen molar-refractivity contribution in [3.8, 4) is 0 Å². The standard InChI is InChI=1S/C11H14FN3O5S/c1-6-4-8(12)9(15(17)18)5-10(6)21(19,20)14-7(2)11(16)13-3/h4-5,7,14H,1-3H3,(H,13,16). The van der Waals surface area contributed by atoms with Crippen LogP contribution in [-0.4, -0.2) is 32.3 Å². The van der Waals surface area contributed by atoms with E-state index in [1.165, 1.54) is 20.9 Å². The monoisotopic (exact) mass is 319 g/mol. The van der Waals surface area contributed by atoms with Gasteiger partial charge in [-0.2, -0.15) is 9.11 Å². The van der Waals surface area contributed by atoms with Crippen LogP contribution in [0, 0.1) is 22.9 Å². The molecule has 0 spiro atoms. The number of nitrogens with one attached hydrogen (secondary N) is 2. The van der Waals surface area contributed by atoms with Crippen LogP contribution in [0.5, 0.6) is 0 Å². The number of likely N-dealkylation sites (N-methyl/N-ethyl adjacent to an activating group) is 1. The summed E-state index contributed by atoms with van der Waals surface area (Å²) in [7, 11) is -2.87. The maximum atomic E-state index is 13.4. The van der Waals surface area contributed by atoms with Crippen LogP contribution in [0.3, 0.4) is 0 Å². The minimum Gasteiger partial charge on any atom is -0.358 e. The number of aryl methyl sites for hydroxylation is 1. The van der Waals surface area contributed by atoms with Gasteiger partial charge in [-0.3, -0.25) is 14.9 Å². The zero-order chi connectivity index (χ0) is 16.4. The van der Waals surface area contributed by atoms with E-state index in [4.69, 9.17) is 0 Å². The Morgan fingerprint density at radius 2 is 2.00 bits per heavy atom. The predicted molar refractivity (Wildman–Crippen MR) is 71.6 cm³/mol. The fourth-order valence-corrected chi connectivity index (χ4v) is 3.09. The highest BCUT2D eigenvalue weighted by Crippen LogP contribution is 2.25. The summed E-state index contributed by atoms with van der Waals surface area (Å²) in [5.74, 6) is -1.70. The lowest BCUT2D eigenvalue weighted by Gasteiger charge is -2.14. The summed E-state index contributed by atoms with van der Waals surface area (Å²) in [6, 6.07) is 0.310. The third-order valence-electron chi connectivity index (χ3n) is 2.70. The van der Waals surface area contributed by atoms with E-state index in [-0.39, 0.29) is 5.56 Å². The molecule has 1 atom stereocenters. The van der Waals surface area contributed by atoms with Gasteiger partial charge in [-0.15, -0.1) is 0 Å². The Hall–Kier alpha value is -2.07. The Morgan fingerprint density at radius 1 is 1.43 bits per heavy atom. The van der Waals surface area contributed by atoms with E-state index >= 15 is 0 Å². The third kappa shape index (κ3) is 3.73. The van der Waals surface area contributed by atoms with E-state index in [1.807, 2.05) is 0 Å². The molecule has 0 aromatic heterocycles. The number of nitrogens with zero attached hydrogens (tertiary/aromatic N) is 1. The van der Waals surface area contributed by atoms with Gasteiger partial charge in [0.2, 0.25) is 21.7 Å². The summed E-state index contributed by atoms with van der Waals surface area (Å²) in [6.45, 7) is 2.61. The van der Waals surface area contributed by atoms with Crippen molar-refractivity contribution < 1.29 is 22.5 Å². The molecule has 0 heterocycles. The summed E-state index contributed by atoms with van der Waals surface area (Å²) in [4.78, 5) is 20.5. The molecule has 0 fully saturated rings. The van der Waals surface area contributed by atoms with Gasteiger partial charge in [-0.05, 0) is 25.5 Å². The van der Waals surface area contributed by atoms with Crippen molar-refractivity contribution in [1.29, 1.82) is 0 Å². The molecule has 21 heavy (non-hydrogen) atoms. The molecule has 10 heteroatoms. The predicted octanol–water partition coefficient (Wildman–Crippen LogP) is 0.455. The number of amides is 1. The molecule has 0 aliphatic carbocycles. The van der Waals surface area contributed by atoms with Crippen molar-refractivity contribution in [2.24, 2.45) is 0 Å². The molecule has 0 aliphatic heterocycles. The van der Waals surface area contributed by atoms with E-state index in [2.05, 4.69) is 10.0 Å². The Kier molecular flexibility index (Phi) is 4.97. The first-order chi connectivity index (χ1) is 9.60. The molecular formula is C11H14FN3O5S. The van der Waals surface area contributed by atoms with Crippen LogP contribution in [0.2, 0.25) is 0 Å². The first-order valence-corrected chi connectivity index (χ1v) is 7.27. The first kappa shape index (κ1) is 17.0. The number of halogens is 1. The number of sulfonamides is 1. The van der Waals surface area contributed by atoms with Crippen LogP contribution >= 0.6 is 0 Å². The van der Waals surface area contributed by atoms with E-state index in [0.29, 0.717) is 6.07 Å². The number of nitro groups is 1. The summed E-state index contributed by atoms with van der Waals surface area (Å²) in [5.41, 5.74) is -0.955. The molecule has 0 saturated carbocycles. The molecular weight excluding hydrogens is 305 g/mol. The smallest absolute Gasteiger partial charge is 0.306 e. The maximum Gasteiger partial charge on any atom is 0.306 e. The van der Waals surface area contributed by atoms with Crippen LogP contribution in [0.4, 0.5) is 10.1 Å². The Labute approximate surface area is 120 Å². The molecule has 1 amide bonds. The number of carbonyl (C=O) groups excluding carboxylic acids is 1. The SMILES string of the molecule is CNC(=O)C(C)NS(=O)(=O)c1cc([N+](=O)[O-])c(F)cc1C. The van der Waals surface area contributed by atoms with Crippen LogP contribution in [-0.2, 0) is 14.8 Å². The summed E-state index contributed by atoms with van der Waals surface area (Å²) in [5, 5.41) is 12.9. The number of benzene rings is 1. The highest BCUT2D eigenvalue weighted by molar-refractivity contribution is 7.89. The van der Waals surface area contributed by atoms with Crippen LogP contribution < -0.4 is 10.0 Å². The zero-order valence-electron chi connectivity index (χ0n) is 11.5. The highest BCUT2D eigenvalue weighted by atomic mass is 32.2. The van der Waals surface area contributed by atoms with Gasteiger partial charge >= 0.3 is 5.69 Å². The van der Waals surface area contributed by atoms with Gasteiger partial charge < -0.3 is 5.32 Å². The quantitative estimate of drug-likeness (QED) is 0.603. The van der Waals surface area contributed by atoms with Crippen LogP contribution in [0.15, 0.2) is 17.0 Å². The number of hydrogen-bond acceptors (Lipinski definition) is 5. The van der Waals surface area contributed by atoms with Gasteiger partial charge in [0.1, 0.15) is 0 Å². The van der Waals surface area contributed by atoms with E-state index in [0.717, 1.165) is 6.07 Å². The topological polar surface area (TPSA) is 118 Å². The van der Waals surface area contributed by atoms with Gasteiger partial charge in [-0.1, -0.05) is 0 Å². The minimum absolute atomic E-state index is 0.00490. The van der Waals surface area contributed by atoms with E-state index in [1.54, 1.807) is 0 Å². The average Bonchev–Trinajstić information content (AvgIpc) is 2.36. The van der Waals surface area contributed by atoms with E-state index < -0.39 is 43.3 Å². The Morgan fingerprint density at radius 3 is 2.48 bits per heavy atom. The average molecular weight is 319 g/mol. The van der Waals surface area contributed by atoms with Gasteiger partial charge in [0, 0.05) is 13.1 Å². The second-order valence-corrected chi connectivity index (χ2v) is 5.97. The lowest BCUT2D eigenvalue weighted by molar-refractivity contribution is -0.387. The lowest BCUT2D eigenvalue weighted by Crippen LogP contribution is -2.43. The second kappa shape index (κ2) is 6.14. The third-order valence-corrected chi connectivity index (χ3v) is 4.38. The molecule has 0 bridgehead atoms. The molecule has 0 aliphatic rings. The normalized spacial score (nSPS) is 12.8. The fourth-order valence-electron chi connectivity index (χ4n) is 1.64. The molecule has 8 nitrogen and oxygen atoms in total. The zero-order valence-corrected chi connectivity index (χ0v) is 12.3. The minimum atomic E-state index is -4.20. The fraction of sp³-hybridized carbons (Fsp3) is 0.364. The van der Waals surface area contributed by atoms with E-state index in [9.17, 15) is 27.7 Å². The number of rotatable bonds is 5. The molecule has 1 rings (SSSR count). The van der Waals surface area contributed by atoms with Gasteiger partial charge in [0.05, 0.1) is 15.9 Å². The first-order valence-electron chi connectivity index (χ1n) is 5.78. The van der Waals surface area contributed by atoms with Crippen LogP contribution in [0.1, 0.15) is 12.5 Å². The molecule has 1 aromatic carbocycles. The Bertz CT molecular complexity index is 689. The molecule has 2 N–H and O–H groups in total. The largest absolute Gasteiger partial charge is 0.358 e. The van der Waals surface area contributed by atoms with Crippen molar-refractivity contribution in [3.05, 3.63) is 33.6 Å². The maximum absolute atomic E-state index is 13.4. The Balaban J connectivity index is 3.29. The molecule has 1 unspecified atom stereocenters. The van der Waals surface area contributed by atoms with Gasteiger partial charge in [0.25, 0.3) is 0 Å². The summed E-state index contributed by atoms with van der Waals surface area (Å²) in [6.07, 6.45) is 0. The highest BCUT2D eigenvalue weighted by Gasteiger charge is 2.27. The summed E-state index contributed by atoms with van der Waals surface area (Å²) < 4.78 is 39.7. The number of nitro benzene ring substituents is 1. The van der Waals surface area contributed by atoms with Crippen molar-refractivity contribution in [1.82, 2.24) is 10.0 Å². The summed E-state index contributed by atoms with van der Waals surface area (Å²) >= 11 is 0. The molecule has 116 valence electrons. The molecule has 1 aromatic rings. The van der Waals surface area contributed by atoms with Gasteiger partial charge in [-0.25, -0.2) is 8.42 Å². The van der Waals surface area contributed by atoms with Crippen molar-refractivity contribution in [2.75, 3.05) is 7.05 Å². The number of carbonyl (C=O) groups is 1. The molecule has 0 radical (unpaired) electrons. The number of hydrogen-bond donors (Lipinski definition) is 2. The van der Waals surface area contributed by atoms with Crippen molar-refractivity contribution >= 4 is 21.6 Å². The second-order valence-electron chi connectivity index (χ2n) is 4.28. The van der Waals surface area contributed by atoms with Crippen LogP contribution in [0.25, 0.3) is 0 Å². The lowest BCUT2D eigenvalue weighted by atomic mass is 10.2. The van der Waals surface area contributed by atoms with Crippen molar-refractivity contribution in [3.63, 3.8) is 0 Å². The van der Waals surface area contributed by atoms with Crippen molar-refractivity contribution in [2.45, 2.75) is 24.8 Å². The molecule has 0 saturated heterocycles. The van der Waals surface area contributed by atoms with Gasteiger partial charge in [0.15, 0.2) is 0 Å².